The zero-order valence-electron chi connectivity index (χ0n) is 32.5. The van der Waals surface area contributed by atoms with Crippen molar-refractivity contribution in [2.45, 2.75) is 89.5 Å². The molecule has 0 aromatic heterocycles. The molecule has 0 radical (unpaired) electrons. The van der Waals surface area contributed by atoms with Crippen LogP contribution in [0.3, 0.4) is 0 Å². The zero-order valence-corrected chi connectivity index (χ0v) is 33.3. The van der Waals surface area contributed by atoms with E-state index >= 15 is 0 Å². The fraction of sp³-hybridized carbons (Fsp3) is 0.610. The van der Waals surface area contributed by atoms with Crippen molar-refractivity contribution in [2.24, 2.45) is 11.8 Å². The molecule has 12 nitrogen and oxygen atoms in total. The normalized spacial score (nSPS) is 19.7. The molecule has 3 N–H and O–H groups in total. The third-order valence-electron chi connectivity index (χ3n) is 12.0. The Bertz CT molecular complexity index is 1740. The van der Waals surface area contributed by atoms with Gasteiger partial charge >= 0.3 is 24.3 Å². The molecular formula is C41H54ClF3N6O6. The molecule has 1 atom stereocenters. The SMILES string of the molecule is CCCOC(=O)CCN1CCC(C2CCN(C(=O)[C@@H](Cc3cc(Cl)c(N)c(C(F)(F)F)c3)OC(=O)N3CCC(N4CCc5ccccc5NC4=O)CC3)CC2)CC1. The number of para-hydroxylation sites is 1. The second-order valence-corrected chi connectivity index (χ2v) is 16.1. The summed E-state index contributed by atoms with van der Waals surface area (Å²) < 4.78 is 52.8. The lowest BCUT2D eigenvalue weighted by atomic mass is 9.78. The number of esters is 1. The van der Waals surface area contributed by atoms with Crippen molar-refractivity contribution in [3.05, 3.63) is 58.1 Å². The Morgan fingerprint density at radius 2 is 1.58 bits per heavy atom. The minimum atomic E-state index is -4.78. The van der Waals surface area contributed by atoms with Crippen LogP contribution in [0.5, 0.6) is 0 Å². The third-order valence-corrected chi connectivity index (χ3v) is 12.3. The summed E-state index contributed by atoms with van der Waals surface area (Å²) >= 11 is 6.14. The molecule has 2 aromatic carbocycles. The van der Waals surface area contributed by atoms with E-state index in [1.165, 1.54) is 11.0 Å². The lowest BCUT2D eigenvalue weighted by Crippen LogP contribution is -2.52. The lowest BCUT2D eigenvalue weighted by Gasteiger charge is -2.41. The molecule has 16 heteroatoms. The van der Waals surface area contributed by atoms with E-state index in [2.05, 4.69) is 10.2 Å². The summed E-state index contributed by atoms with van der Waals surface area (Å²) in [5.74, 6) is 0.244. The highest BCUT2D eigenvalue weighted by Gasteiger charge is 2.39. The Labute approximate surface area is 337 Å². The predicted molar refractivity (Wildman–Crippen MR) is 210 cm³/mol. The zero-order chi connectivity index (χ0) is 40.7. The van der Waals surface area contributed by atoms with E-state index in [9.17, 15) is 32.3 Å². The summed E-state index contributed by atoms with van der Waals surface area (Å²) in [7, 11) is 0. The first-order valence-electron chi connectivity index (χ1n) is 20.2. The number of carbonyl (C=O) groups excluding carboxylic acids is 4. The number of nitrogens with two attached hydrogens (primary N) is 1. The standard InChI is InChI=1S/C41H54ClF3N6O6/c1-2-23-56-36(52)14-17-48-15-7-28(8-16-48)29-9-18-49(19-10-29)38(53)35(26-27-24-32(41(43,44)45)37(46)33(42)25-27)57-40(55)50-20-12-31(13-21-50)51-22-11-30-5-3-4-6-34(30)47-39(51)54/h3-6,24-25,28-29,31,35H,2,7-23,26,46H2,1H3,(H,47,54)/t35-/m1/s1. The van der Waals surface area contributed by atoms with Crippen molar-refractivity contribution >= 4 is 47.0 Å². The summed E-state index contributed by atoms with van der Waals surface area (Å²) in [4.78, 5) is 60.1. The molecule has 4 heterocycles. The van der Waals surface area contributed by atoms with Gasteiger partial charge in [0.05, 0.1) is 29.3 Å². The van der Waals surface area contributed by atoms with Crippen LogP contribution in [0, 0.1) is 11.8 Å². The summed E-state index contributed by atoms with van der Waals surface area (Å²) in [5.41, 5.74) is 5.87. The number of urea groups is 1. The number of fused-ring (bicyclic) bond motifs is 1. The number of hydrogen-bond acceptors (Lipinski definition) is 8. The molecule has 0 bridgehead atoms. The molecule has 4 amide bonds. The Hall–Kier alpha value is -4.24. The molecule has 6 rings (SSSR count). The van der Waals surface area contributed by atoms with Crippen LogP contribution in [-0.4, -0.2) is 115 Å². The van der Waals surface area contributed by atoms with Gasteiger partial charge in [0.2, 0.25) is 0 Å². The van der Waals surface area contributed by atoms with Crippen LogP contribution >= 0.6 is 11.6 Å². The molecule has 2 aromatic rings. The van der Waals surface area contributed by atoms with E-state index in [1.807, 2.05) is 31.2 Å². The smallest absolute Gasteiger partial charge is 0.418 e. The lowest BCUT2D eigenvalue weighted by molar-refractivity contribution is -0.144. The number of amides is 4. The van der Waals surface area contributed by atoms with Crippen LogP contribution in [-0.2, 0) is 38.1 Å². The van der Waals surface area contributed by atoms with Crippen LogP contribution in [0.1, 0.15) is 75.0 Å². The van der Waals surface area contributed by atoms with Gasteiger partial charge in [-0.15, -0.1) is 0 Å². The monoisotopic (exact) mass is 818 g/mol. The average Bonchev–Trinajstić information content (AvgIpc) is 3.37. The second-order valence-electron chi connectivity index (χ2n) is 15.7. The summed E-state index contributed by atoms with van der Waals surface area (Å²) in [6, 6.07) is 9.52. The molecule has 57 heavy (non-hydrogen) atoms. The molecule has 3 saturated heterocycles. The Kier molecular flexibility index (Phi) is 14.1. The Balaban J connectivity index is 1.06. The van der Waals surface area contributed by atoms with Crippen LogP contribution in [0.15, 0.2) is 36.4 Å². The van der Waals surface area contributed by atoms with Gasteiger partial charge in [-0.2, -0.15) is 13.2 Å². The number of piperidine rings is 3. The molecule has 0 unspecified atom stereocenters. The van der Waals surface area contributed by atoms with Gasteiger partial charge < -0.3 is 40.1 Å². The number of anilines is 2. The van der Waals surface area contributed by atoms with Crippen LogP contribution < -0.4 is 11.1 Å². The number of nitrogens with zero attached hydrogens (tertiary/aromatic N) is 4. The Morgan fingerprint density at radius 3 is 2.25 bits per heavy atom. The first kappa shape index (κ1) is 42.4. The van der Waals surface area contributed by atoms with Crippen molar-refractivity contribution in [2.75, 3.05) is 70.0 Å². The number of nitrogen functional groups attached to an aromatic ring is 1. The maximum Gasteiger partial charge on any atom is 0.418 e. The van der Waals surface area contributed by atoms with Crippen molar-refractivity contribution in [1.82, 2.24) is 19.6 Å². The molecule has 0 aliphatic carbocycles. The number of halogens is 4. The van der Waals surface area contributed by atoms with E-state index in [0.29, 0.717) is 70.3 Å². The van der Waals surface area contributed by atoms with Crippen molar-refractivity contribution in [3.8, 4) is 0 Å². The van der Waals surface area contributed by atoms with E-state index in [4.69, 9.17) is 26.8 Å². The minimum absolute atomic E-state index is 0.0693. The summed E-state index contributed by atoms with van der Waals surface area (Å²) in [6.45, 7) is 6.82. The molecule has 4 aliphatic rings. The number of benzene rings is 2. The number of likely N-dealkylation sites (tertiary alicyclic amines) is 3. The van der Waals surface area contributed by atoms with Gasteiger partial charge in [-0.05, 0) is 106 Å². The highest BCUT2D eigenvalue weighted by Crippen LogP contribution is 2.39. The van der Waals surface area contributed by atoms with Gasteiger partial charge in [-0.3, -0.25) is 9.59 Å². The largest absolute Gasteiger partial charge is 0.466 e. The van der Waals surface area contributed by atoms with Crippen LogP contribution in [0.25, 0.3) is 0 Å². The summed E-state index contributed by atoms with van der Waals surface area (Å²) in [5, 5.41) is 2.69. The third kappa shape index (κ3) is 10.8. The highest BCUT2D eigenvalue weighted by molar-refractivity contribution is 6.33. The fourth-order valence-electron chi connectivity index (χ4n) is 8.69. The van der Waals surface area contributed by atoms with E-state index < -0.39 is 35.5 Å². The van der Waals surface area contributed by atoms with E-state index in [0.717, 1.165) is 62.5 Å². The van der Waals surface area contributed by atoms with Gasteiger partial charge in [0.1, 0.15) is 0 Å². The number of ether oxygens (including phenoxy) is 2. The number of alkyl halides is 3. The number of rotatable bonds is 11. The van der Waals surface area contributed by atoms with E-state index in [1.54, 1.807) is 9.80 Å². The van der Waals surface area contributed by atoms with Gasteiger partial charge in [0, 0.05) is 57.4 Å². The number of hydrogen-bond donors (Lipinski definition) is 2. The van der Waals surface area contributed by atoms with Gasteiger partial charge in [0.25, 0.3) is 5.91 Å². The predicted octanol–water partition coefficient (Wildman–Crippen LogP) is 6.84. The number of carbonyl (C=O) groups is 4. The Morgan fingerprint density at radius 1 is 0.930 bits per heavy atom. The molecule has 0 spiro atoms. The topological polar surface area (TPSA) is 138 Å². The number of nitrogens with one attached hydrogen (secondary N) is 1. The molecular weight excluding hydrogens is 765 g/mol. The van der Waals surface area contributed by atoms with Gasteiger partial charge in [-0.25, -0.2) is 9.59 Å². The molecule has 0 saturated carbocycles. The van der Waals surface area contributed by atoms with Crippen LogP contribution in [0.2, 0.25) is 5.02 Å². The summed E-state index contributed by atoms with van der Waals surface area (Å²) in [6.07, 6.45) is -0.856. The van der Waals surface area contributed by atoms with Gasteiger partial charge in [0.15, 0.2) is 6.10 Å². The molecule has 3 fully saturated rings. The minimum Gasteiger partial charge on any atom is -0.466 e. The maximum atomic E-state index is 14.1. The first-order chi connectivity index (χ1) is 27.3. The maximum absolute atomic E-state index is 14.1. The van der Waals surface area contributed by atoms with Crippen molar-refractivity contribution in [1.29, 1.82) is 0 Å². The van der Waals surface area contributed by atoms with E-state index in [-0.39, 0.29) is 48.1 Å². The second kappa shape index (κ2) is 19.0. The molecule has 312 valence electrons. The fourth-order valence-corrected chi connectivity index (χ4v) is 8.94. The first-order valence-corrected chi connectivity index (χ1v) is 20.6. The van der Waals surface area contributed by atoms with Crippen molar-refractivity contribution < 1.29 is 41.8 Å². The molecule has 4 aliphatic heterocycles. The quantitative estimate of drug-likeness (QED) is 0.186. The highest BCUT2D eigenvalue weighted by atomic mass is 35.5. The van der Waals surface area contributed by atoms with Crippen LogP contribution in [0.4, 0.5) is 34.1 Å². The average molecular weight is 819 g/mol. The van der Waals surface area contributed by atoms with Crippen molar-refractivity contribution in [3.63, 3.8) is 0 Å². The van der Waals surface area contributed by atoms with Gasteiger partial charge in [-0.1, -0.05) is 36.7 Å².